The molecule has 1 heterocycles. The fraction of sp³-hybridized carbons (Fsp3) is 0.385. The summed E-state index contributed by atoms with van der Waals surface area (Å²) in [5.74, 6) is 0. The van der Waals surface area contributed by atoms with E-state index in [-0.39, 0.29) is 17.4 Å². The van der Waals surface area contributed by atoms with Crippen molar-refractivity contribution < 1.29 is 17.4 Å². The van der Waals surface area contributed by atoms with Gasteiger partial charge in [0.05, 0.1) is 0 Å². The second-order valence-electron chi connectivity index (χ2n) is 3.10. The molecule has 0 saturated heterocycles. The molecule has 1 atom stereocenters. The van der Waals surface area contributed by atoms with E-state index in [0.29, 0.717) is 6.04 Å². The topological polar surface area (TPSA) is 12.0 Å². The molecule has 2 rings (SSSR count). The van der Waals surface area contributed by atoms with E-state index >= 15 is 0 Å². The van der Waals surface area contributed by atoms with Crippen molar-refractivity contribution in [3.05, 3.63) is 47.5 Å². The Morgan fingerprint density at radius 3 is 2.60 bits per heavy atom. The minimum absolute atomic E-state index is 0. The monoisotopic (exact) mass is 240 g/mol. The second-order valence-corrected chi connectivity index (χ2v) is 3.10. The third-order valence-electron chi connectivity index (χ3n) is 2.08. The molecule has 0 bridgehead atoms. The fourth-order valence-corrected chi connectivity index (χ4v) is 1.47. The van der Waals surface area contributed by atoms with Crippen LogP contribution in [-0.2, 0) is 17.4 Å². The summed E-state index contributed by atoms with van der Waals surface area (Å²) in [6.07, 6.45) is 4.34. The minimum atomic E-state index is 0. The summed E-state index contributed by atoms with van der Waals surface area (Å²) in [4.78, 5) is 0. The Morgan fingerprint density at radius 1 is 1.33 bits per heavy atom. The van der Waals surface area contributed by atoms with Crippen molar-refractivity contribution in [2.24, 2.45) is 0 Å². The van der Waals surface area contributed by atoms with Gasteiger partial charge in [-0.2, -0.15) is 29.8 Å². The number of nitrogens with one attached hydrogen (secondary N) is 1. The first-order chi connectivity index (χ1) is 6.86. The average molecular weight is 240 g/mol. The molecule has 15 heavy (non-hydrogen) atoms. The molecule has 1 nitrogen and oxygen atoms in total. The zero-order valence-electron chi connectivity index (χ0n) is 9.58. The quantitative estimate of drug-likeness (QED) is 0.587. The molecule has 1 aromatic carbocycles. The van der Waals surface area contributed by atoms with Crippen LogP contribution in [0.2, 0.25) is 0 Å². The maximum Gasteiger partial charge on any atom is 0.0282 e. The van der Waals surface area contributed by atoms with E-state index in [0.717, 1.165) is 6.54 Å². The largest absolute Gasteiger partial charge is 0.305 e. The van der Waals surface area contributed by atoms with Gasteiger partial charge in [-0.15, -0.1) is 5.56 Å². The summed E-state index contributed by atoms with van der Waals surface area (Å²) in [6.45, 7) is 7.05. The van der Waals surface area contributed by atoms with Gasteiger partial charge in [0, 0.05) is 29.9 Å². The summed E-state index contributed by atoms with van der Waals surface area (Å²) in [5, 5.41) is 3.36. The zero-order valence-corrected chi connectivity index (χ0v) is 10.9. The second kappa shape index (κ2) is 7.71. The molecule has 0 radical (unpaired) electrons. The third kappa shape index (κ3) is 4.22. The molecule has 2 heteroatoms. The van der Waals surface area contributed by atoms with Gasteiger partial charge in [-0.05, 0) is 0 Å². The van der Waals surface area contributed by atoms with E-state index in [9.17, 15) is 0 Å². The van der Waals surface area contributed by atoms with Crippen LogP contribution in [0.25, 0.3) is 0 Å². The fourth-order valence-electron chi connectivity index (χ4n) is 1.47. The average Bonchev–Trinajstić information content (AvgIpc) is 2.74. The molecule has 0 saturated carbocycles. The van der Waals surface area contributed by atoms with Crippen molar-refractivity contribution >= 4 is 0 Å². The minimum Gasteiger partial charge on any atom is -0.305 e. The number of benzene rings is 1. The molecule has 0 aliphatic carbocycles. The van der Waals surface area contributed by atoms with Crippen molar-refractivity contribution in [3.63, 3.8) is 0 Å². The first-order valence-electron chi connectivity index (χ1n) is 5.25. The van der Waals surface area contributed by atoms with Gasteiger partial charge < -0.3 is 5.32 Å². The molecule has 1 unspecified atom stereocenters. The Kier molecular flexibility index (Phi) is 7.43. The van der Waals surface area contributed by atoms with Gasteiger partial charge in [0.25, 0.3) is 0 Å². The van der Waals surface area contributed by atoms with Crippen LogP contribution in [0.3, 0.4) is 0 Å². The van der Waals surface area contributed by atoms with Gasteiger partial charge >= 0.3 is 0 Å². The van der Waals surface area contributed by atoms with Crippen LogP contribution in [0.5, 0.6) is 0 Å². The Hall–Kier alpha value is -0.548. The van der Waals surface area contributed by atoms with Crippen LogP contribution in [0, 0.1) is 13.0 Å². The number of hydrogen-bond donors (Lipinski definition) is 1. The van der Waals surface area contributed by atoms with Crippen molar-refractivity contribution in [2.45, 2.75) is 26.8 Å². The predicted octanol–water partition coefficient (Wildman–Crippen LogP) is 3.02. The van der Waals surface area contributed by atoms with Gasteiger partial charge in [0.15, 0.2) is 0 Å². The number of aryl methyl sites for hydroxylation is 1. The molecule has 1 aliphatic heterocycles. The summed E-state index contributed by atoms with van der Waals surface area (Å²) in [7, 11) is 0. The summed E-state index contributed by atoms with van der Waals surface area (Å²) in [6, 6.07) is 9.98. The maximum absolute atomic E-state index is 3.36. The van der Waals surface area contributed by atoms with Crippen molar-refractivity contribution in [1.82, 2.24) is 5.32 Å². The number of hydrogen-bond acceptors (Lipinski definition) is 1. The molecule has 82 valence electrons. The van der Waals surface area contributed by atoms with Gasteiger partial charge in [0.2, 0.25) is 0 Å². The molecule has 0 fully saturated rings. The maximum atomic E-state index is 3.36. The van der Waals surface area contributed by atoms with Crippen LogP contribution < -0.4 is 5.32 Å². The predicted molar refractivity (Wildman–Crippen MR) is 61.2 cm³/mol. The molecular formula is C13H18CrN-. The number of rotatable bonds is 1. The summed E-state index contributed by atoms with van der Waals surface area (Å²) < 4.78 is 0. The van der Waals surface area contributed by atoms with Gasteiger partial charge in [-0.1, -0.05) is 32.9 Å². The third-order valence-corrected chi connectivity index (χ3v) is 2.08. The van der Waals surface area contributed by atoms with Crippen molar-refractivity contribution in [2.75, 3.05) is 6.54 Å². The van der Waals surface area contributed by atoms with Crippen LogP contribution in [0.4, 0.5) is 0 Å². The summed E-state index contributed by atoms with van der Waals surface area (Å²) in [5.41, 5.74) is 2.44. The van der Waals surface area contributed by atoms with Crippen LogP contribution >= 0.6 is 0 Å². The van der Waals surface area contributed by atoms with Crippen molar-refractivity contribution in [1.29, 1.82) is 0 Å². The molecule has 1 N–H and O–H groups in total. The normalized spacial score (nSPS) is 17.7. The first-order valence-corrected chi connectivity index (χ1v) is 5.25. The molecule has 0 spiro atoms. The molecule has 1 aliphatic rings. The molecule has 0 amide bonds. The van der Waals surface area contributed by atoms with Crippen LogP contribution in [0.1, 0.15) is 31.0 Å². The van der Waals surface area contributed by atoms with Crippen molar-refractivity contribution in [3.8, 4) is 0 Å². The van der Waals surface area contributed by atoms with Crippen LogP contribution in [0.15, 0.2) is 30.4 Å². The van der Waals surface area contributed by atoms with Gasteiger partial charge in [0.1, 0.15) is 0 Å². The first kappa shape index (κ1) is 14.5. The molecule has 1 aromatic rings. The standard InChI is InChI=1S/C11H12N.C2H6.Cr/c1-9-4-2-5-10(8-9)11-6-3-7-12-11;1-2;/h2-6,11-12H,7H2,1H3;1-2H3;/q-1;;. The summed E-state index contributed by atoms with van der Waals surface area (Å²) >= 11 is 0. The van der Waals surface area contributed by atoms with Gasteiger partial charge in [-0.3, -0.25) is 0 Å². The van der Waals surface area contributed by atoms with E-state index < -0.39 is 0 Å². The Morgan fingerprint density at radius 2 is 2.07 bits per heavy atom. The van der Waals surface area contributed by atoms with E-state index in [1.165, 1.54) is 11.1 Å². The van der Waals surface area contributed by atoms with E-state index in [1.807, 2.05) is 13.8 Å². The Bertz CT molecular complexity index is 307. The van der Waals surface area contributed by atoms with E-state index in [2.05, 4.69) is 48.7 Å². The van der Waals surface area contributed by atoms with Crippen LogP contribution in [-0.4, -0.2) is 6.54 Å². The molecular weight excluding hydrogens is 222 g/mol. The van der Waals surface area contributed by atoms with E-state index in [4.69, 9.17) is 0 Å². The van der Waals surface area contributed by atoms with Gasteiger partial charge in [-0.25, -0.2) is 0 Å². The van der Waals surface area contributed by atoms with E-state index in [1.54, 1.807) is 0 Å². The SMILES string of the molecule is CC.Cc1[c-]c(C2C=CCN2)ccc1.[Cr]. The Labute approximate surface area is 104 Å². The molecule has 0 aromatic heterocycles. The zero-order chi connectivity index (χ0) is 10.4. The smallest absolute Gasteiger partial charge is 0.0282 e. The Balaban J connectivity index is 0.000000617.